The van der Waals surface area contributed by atoms with E-state index < -0.39 is 11.9 Å². The van der Waals surface area contributed by atoms with Crippen LogP contribution in [0.1, 0.15) is 25.8 Å². The maximum atomic E-state index is 11.5. The first-order valence-corrected chi connectivity index (χ1v) is 6.72. The van der Waals surface area contributed by atoms with Crippen molar-refractivity contribution in [1.82, 2.24) is 0 Å². The van der Waals surface area contributed by atoms with Crippen LogP contribution in [-0.4, -0.2) is 30.2 Å². The zero-order valence-electron chi connectivity index (χ0n) is 11.9. The molecule has 1 amide bonds. The van der Waals surface area contributed by atoms with Crippen LogP contribution in [-0.2, 0) is 20.7 Å². The molecule has 5 heteroatoms. The lowest BCUT2D eigenvalue weighted by atomic mass is 10.0. The summed E-state index contributed by atoms with van der Waals surface area (Å²) in [6, 6.07) is 7.17. The van der Waals surface area contributed by atoms with E-state index in [1.54, 1.807) is 19.1 Å². The van der Waals surface area contributed by atoms with Gasteiger partial charge in [0.15, 0.2) is 0 Å². The van der Waals surface area contributed by atoms with Gasteiger partial charge >= 0.3 is 5.97 Å². The minimum atomic E-state index is -0.810. The summed E-state index contributed by atoms with van der Waals surface area (Å²) >= 11 is 0. The van der Waals surface area contributed by atoms with Crippen molar-refractivity contribution in [2.45, 2.75) is 26.7 Å². The second-order valence-corrected chi connectivity index (χ2v) is 4.74. The molecule has 1 aromatic carbocycles. The predicted molar refractivity (Wildman–Crippen MR) is 76.7 cm³/mol. The maximum absolute atomic E-state index is 11.5. The van der Waals surface area contributed by atoms with E-state index in [0.29, 0.717) is 18.7 Å². The smallest absolute Gasteiger partial charge is 0.306 e. The van der Waals surface area contributed by atoms with E-state index in [4.69, 9.17) is 9.84 Å². The lowest BCUT2D eigenvalue weighted by Gasteiger charge is -2.08. The number of benzene rings is 1. The van der Waals surface area contributed by atoms with Gasteiger partial charge in [-0.05, 0) is 30.5 Å². The average Bonchev–Trinajstić information content (AvgIpc) is 2.41. The van der Waals surface area contributed by atoms with Crippen molar-refractivity contribution in [2.75, 3.05) is 18.5 Å². The zero-order chi connectivity index (χ0) is 15.0. The number of carboxylic acids is 1. The number of amides is 1. The van der Waals surface area contributed by atoms with E-state index >= 15 is 0 Å². The molecule has 0 fully saturated rings. The van der Waals surface area contributed by atoms with Crippen LogP contribution in [0, 0.1) is 5.92 Å². The molecule has 0 saturated carbocycles. The maximum Gasteiger partial charge on any atom is 0.306 e. The van der Waals surface area contributed by atoms with Crippen molar-refractivity contribution < 1.29 is 19.4 Å². The van der Waals surface area contributed by atoms with Crippen molar-refractivity contribution in [3.63, 3.8) is 0 Å². The van der Waals surface area contributed by atoms with E-state index in [2.05, 4.69) is 5.32 Å². The average molecular weight is 279 g/mol. The molecule has 0 aliphatic carbocycles. The number of nitrogens with one attached hydrogen (secondary N) is 1. The summed E-state index contributed by atoms with van der Waals surface area (Å²) in [4.78, 5) is 22.3. The largest absolute Gasteiger partial charge is 0.481 e. The third-order valence-electron chi connectivity index (χ3n) is 2.78. The molecule has 110 valence electrons. The predicted octanol–water partition coefficient (Wildman–Crippen LogP) is 2.31. The number of carbonyl (C=O) groups is 2. The molecule has 1 unspecified atom stereocenters. The number of rotatable bonds is 8. The Morgan fingerprint density at radius 2 is 1.95 bits per heavy atom. The Hall–Kier alpha value is -1.88. The van der Waals surface area contributed by atoms with E-state index in [9.17, 15) is 9.59 Å². The number of ether oxygens (including phenoxy) is 1. The van der Waals surface area contributed by atoms with Crippen LogP contribution in [0.3, 0.4) is 0 Å². The first kappa shape index (κ1) is 16.2. The van der Waals surface area contributed by atoms with Crippen molar-refractivity contribution >= 4 is 17.6 Å². The monoisotopic (exact) mass is 279 g/mol. The third-order valence-corrected chi connectivity index (χ3v) is 2.78. The molecule has 0 saturated heterocycles. The zero-order valence-corrected chi connectivity index (χ0v) is 11.9. The molecule has 0 heterocycles. The van der Waals surface area contributed by atoms with Gasteiger partial charge in [0.25, 0.3) is 0 Å². The molecule has 1 atom stereocenters. The summed E-state index contributed by atoms with van der Waals surface area (Å²) < 4.78 is 5.14. The Morgan fingerprint density at radius 3 is 2.50 bits per heavy atom. The Morgan fingerprint density at radius 1 is 1.30 bits per heavy atom. The first-order chi connectivity index (χ1) is 9.52. The highest BCUT2D eigenvalue weighted by Crippen LogP contribution is 2.13. The van der Waals surface area contributed by atoms with Gasteiger partial charge in [0.05, 0.1) is 5.92 Å². The number of anilines is 1. The molecular weight excluding hydrogens is 258 g/mol. The Balaban J connectivity index is 2.46. The molecule has 2 N–H and O–H groups in total. The highest BCUT2D eigenvalue weighted by Gasteiger charge is 2.11. The van der Waals surface area contributed by atoms with Gasteiger partial charge < -0.3 is 15.2 Å². The van der Waals surface area contributed by atoms with Gasteiger partial charge in [0, 0.05) is 12.3 Å². The molecule has 1 rings (SSSR count). The lowest BCUT2D eigenvalue weighted by Crippen LogP contribution is -2.18. The summed E-state index contributed by atoms with van der Waals surface area (Å²) in [6.07, 6.45) is 1.35. The number of aliphatic carboxylic acids is 1. The molecule has 0 aliphatic rings. The number of carbonyl (C=O) groups excluding carboxylic acids is 1. The Bertz CT molecular complexity index is 442. The molecule has 0 aliphatic heterocycles. The van der Waals surface area contributed by atoms with Crippen LogP contribution in [0.25, 0.3) is 0 Å². The van der Waals surface area contributed by atoms with Gasteiger partial charge in [0.2, 0.25) is 5.91 Å². The van der Waals surface area contributed by atoms with Crippen molar-refractivity contribution in [1.29, 1.82) is 0 Å². The van der Waals surface area contributed by atoms with Crippen LogP contribution in [0.4, 0.5) is 5.69 Å². The minimum Gasteiger partial charge on any atom is -0.481 e. The second kappa shape index (κ2) is 8.32. The van der Waals surface area contributed by atoms with Crippen LogP contribution in [0.15, 0.2) is 24.3 Å². The normalized spacial score (nSPS) is 11.9. The second-order valence-electron chi connectivity index (χ2n) is 4.74. The van der Waals surface area contributed by atoms with Crippen molar-refractivity contribution in [2.24, 2.45) is 5.92 Å². The topological polar surface area (TPSA) is 75.6 Å². The first-order valence-electron chi connectivity index (χ1n) is 6.72. The third kappa shape index (κ3) is 5.84. The highest BCUT2D eigenvalue weighted by atomic mass is 16.5. The fourth-order valence-corrected chi connectivity index (χ4v) is 1.67. The summed E-state index contributed by atoms with van der Waals surface area (Å²) in [5, 5.41) is 11.6. The lowest BCUT2D eigenvalue weighted by molar-refractivity contribution is -0.141. The molecule has 0 aromatic heterocycles. The van der Waals surface area contributed by atoms with E-state index in [1.165, 1.54) is 0 Å². The molecule has 0 bridgehead atoms. The van der Waals surface area contributed by atoms with E-state index in [1.807, 2.05) is 19.1 Å². The van der Waals surface area contributed by atoms with Crippen molar-refractivity contribution in [3.05, 3.63) is 29.8 Å². The SMILES string of the molecule is CCCOCC(=O)Nc1ccc(CC(C)C(=O)O)cc1. The van der Waals surface area contributed by atoms with Gasteiger partial charge in [-0.25, -0.2) is 0 Å². The fourth-order valence-electron chi connectivity index (χ4n) is 1.67. The van der Waals surface area contributed by atoms with E-state index in [0.717, 1.165) is 12.0 Å². The van der Waals surface area contributed by atoms with Crippen LogP contribution in [0.5, 0.6) is 0 Å². The Kier molecular flexibility index (Phi) is 6.73. The van der Waals surface area contributed by atoms with Gasteiger partial charge in [-0.3, -0.25) is 9.59 Å². The van der Waals surface area contributed by atoms with Crippen LogP contribution in [0.2, 0.25) is 0 Å². The quantitative estimate of drug-likeness (QED) is 0.716. The summed E-state index contributed by atoms with van der Waals surface area (Å²) in [5.41, 5.74) is 1.61. The van der Waals surface area contributed by atoms with Gasteiger partial charge in [0.1, 0.15) is 6.61 Å². The molecular formula is C15H21NO4. The number of hydrogen-bond donors (Lipinski definition) is 2. The van der Waals surface area contributed by atoms with Crippen LogP contribution >= 0.6 is 0 Å². The van der Waals surface area contributed by atoms with E-state index in [-0.39, 0.29) is 12.5 Å². The molecule has 1 aromatic rings. The fraction of sp³-hybridized carbons (Fsp3) is 0.467. The molecule has 20 heavy (non-hydrogen) atoms. The van der Waals surface area contributed by atoms with Crippen LogP contribution < -0.4 is 5.32 Å². The van der Waals surface area contributed by atoms with Gasteiger partial charge in [-0.2, -0.15) is 0 Å². The van der Waals surface area contributed by atoms with Gasteiger partial charge in [-0.15, -0.1) is 0 Å². The summed E-state index contributed by atoms with van der Waals surface area (Å²) in [6.45, 7) is 4.27. The number of carboxylic acid groups (broad SMARTS) is 1. The summed E-state index contributed by atoms with van der Waals surface area (Å²) in [5.74, 6) is -1.42. The van der Waals surface area contributed by atoms with Crippen molar-refractivity contribution in [3.8, 4) is 0 Å². The molecule has 5 nitrogen and oxygen atoms in total. The highest BCUT2D eigenvalue weighted by molar-refractivity contribution is 5.91. The minimum absolute atomic E-state index is 0.0473. The molecule has 0 radical (unpaired) electrons. The van der Waals surface area contributed by atoms with Gasteiger partial charge in [-0.1, -0.05) is 26.0 Å². The summed E-state index contributed by atoms with van der Waals surface area (Å²) in [7, 11) is 0. The molecule has 0 spiro atoms. The number of hydrogen-bond acceptors (Lipinski definition) is 3. The standard InChI is InChI=1S/C15H21NO4/c1-3-8-20-10-14(17)16-13-6-4-12(5-7-13)9-11(2)15(18)19/h4-7,11H,3,8-10H2,1-2H3,(H,16,17)(H,18,19). The Labute approximate surface area is 118 Å².